The van der Waals surface area contributed by atoms with E-state index in [9.17, 15) is 4.79 Å². The molecular weight excluding hydrogens is 394 g/mol. The van der Waals surface area contributed by atoms with Gasteiger partial charge in [-0.1, -0.05) is 17.7 Å². The van der Waals surface area contributed by atoms with Crippen LogP contribution in [-0.2, 0) is 6.42 Å². The molecule has 1 amide bonds. The van der Waals surface area contributed by atoms with Crippen molar-refractivity contribution in [3.05, 3.63) is 81.0 Å². The molecule has 4 nitrogen and oxygen atoms in total. The van der Waals surface area contributed by atoms with Crippen LogP contribution in [0.1, 0.15) is 26.8 Å². The Labute approximate surface area is 173 Å². The van der Waals surface area contributed by atoms with Crippen molar-refractivity contribution in [2.24, 2.45) is 0 Å². The van der Waals surface area contributed by atoms with Gasteiger partial charge in [0.1, 0.15) is 18.1 Å². The number of fused-ring (bicyclic) bond motifs is 1. The lowest BCUT2D eigenvalue weighted by Gasteiger charge is -2.36. The number of nitrogens with zero attached hydrogens (tertiary/aromatic N) is 1. The van der Waals surface area contributed by atoms with Gasteiger partial charge >= 0.3 is 0 Å². The lowest BCUT2D eigenvalue weighted by atomic mass is 9.99. The summed E-state index contributed by atoms with van der Waals surface area (Å²) in [6.07, 6.45) is 0.859. The number of rotatable bonds is 5. The molecule has 0 saturated carbocycles. The van der Waals surface area contributed by atoms with Gasteiger partial charge in [0.2, 0.25) is 0 Å². The number of hydrogen-bond acceptors (Lipinski definition) is 4. The largest absolute Gasteiger partial charge is 0.497 e. The van der Waals surface area contributed by atoms with Gasteiger partial charge in [0.25, 0.3) is 5.91 Å². The Morgan fingerprint density at radius 3 is 2.71 bits per heavy atom. The number of carbonyl (C=O) groups is 1. The number of hydrogen-bond donors (Lipinski definition) is 0. The Morgan fingerprint density at radius 1 is 1.18 bits per heavy atom. The minimum absolute atomic E-state index is 0.0253. The quantitative estimate of drug-likeness (QED) is 0.575. The molecule has 2 heterocycles. The van der Waals surface area contributed by atoms with Crippen LogP contribution in [0.15, 0.2) is 60.0 Å². The number of carbonyl (C=O) groups excluding carboxylic acids is 1. The van der Waals surface area contributed by atoms with E-state index in [1.807, 2.05) is 29.2 Å². The van der Waals surface area contributed by atoms with Crippen LogP contribution in [-0.4, -0.2) is 31.1 Å². The Bertz CT molecular complexity index is 970. The highest BCUT2D eigenvalue weighted by Gasteiger charge is 2.32. The van der Waals surface area contributed by atoms with Crippen molar-refractivity contribution in [2.75, 3.05) is 20.3 Å². The maximum Gasteiger partial charge on any atom is 0.254 e. The third kappa shape index (κ3) is 3.86. The highest BCUT2D eigenvalue weighted by molar-refractivity contribution is 7.10. The SMILES string of the molecule is COc1ccc(OCC2c3ccsc3CCN2C(=O)c2cccc(Cl)c2)cc1. The molecule has 2 aromatic carbocycles. The van der Waals surface area contributed by atoms with Crippen LogP contribution in [0, 0.1) is 0 Å². The van der Waals surface area contributed by atoms with E-state index in [4.69, 9.17) is 21.1 Å². The molecule has 0 fully saturated rings. The first-order valence-electron chi connectivity index (χ1n) is 9.05. The standard InChI is InChI=1S/C22H20ClNO3S/c1-26-17-5-7-18(8-6-17)27-14-20-19-10-12-28-21(19)9-11-24(20)22(25)15-3-2-4-16(23)13-15/h2-8,10,12-13,20H,9,11,14H2,1H3. The van der Waals surface area contributed by atoms with Crippen molar-refractivity contribution in [1.29, 1.82) is 0 Å². The maximum atomic E-state index is 13.2. The first-order chi connectivity index (χ1) is 13.7. The second kappa shape index (κ2) is 8.25. The Hall–Kier alpha value is -2.50. The van der Waals surface area contributed by atoms with E-state index < -0.39 is 0 Å². The zero-order chi connectivity index (χ0) is 19.5. The van der Waals surface area contributed by atoms with Crippen molar-refractivity contribution in [1.82, 2.24) is 4.90 Å². The second-order valence-corrected chi connectivity index (χ2v) is 8.00. The van der Waals surface area contributed by atoms with Crippen LogP contribution >= 0.6 is 22.9 Å². The van der Waals surface area contributed by atoms with Crippen LogP contribution in [0.3, 0.4) is 0 Å². The zero-order valence-corrected chi connectivity index (χ0v) is 17.0. The lowest BCUT2D eigenvalue weighted by molar-refractivity contribution is 0.0592. The molecule has 0 aliphatic carbocycles. The number of halogens is 1. The van der Waals surface area contributed by atoms with Gasteiger partial charge in [-0.15, -0.1) is 11.3 Å². The molecular formula is C22H20ClNO3S. The molecule has 1 aromatic heterocycles. The average molecular weight is 414 g/mol. The molecule has 1 unspecified atom stereocenters. The van der Waals surface area contributed by atoms with E-state index >= 15 is 0 Å². The summed E-state index contributed by atoms with van der Waals surface area (Å²) in [5.41, 5.74) is 1.76. The van der Waals surface area contributed by atoms with Gasteiger partial charge in [0.15, 0.2) is 0 Å². The van der Waals surface area contributed by atoms with Crippen LogP contribution in [0.2, 0.25) is 5.02 Å². The first-order valence-corrected chi connectivity index (χ1v) is 10.3. The molecule has 0 N–H and O–H groups in total. The summed E-state index contributed by atoms with van der Waals surface area (Å²) in [6.45, 7) is 1.05. The van der Waals surface area contributed by atoms with Crippen LogP contribution in [0.5, 0.6) is 11.5 Å². The molecule has 6 heteroatoms. The number of benzene rings is 2. The predicted octanol–water partition coefficient (Wildman–Crippen LogP) is 5.23. The molecule has 1 atom stereocenters. The zero-order valence-electron chi connectivity index (χ0n) is 15.4. The van der Waals surface area contributed by atoms with Crippen molar-refractivity contribution in [3.8, 4) is 11.5 Å². The van der Waals surface area contributed by atoms with E-state index in [-0.39, 0.29) is 11.9 Å². The Kier molecular flexibility index (Phi) is 5.55. The summed E-state index contributed by atoms with van der Waals surface area (Å²) in [7, 11) is 1.63. The van der Waals surface area contributed by atoms with Crippen molar-refractivity contribution in [3.63, 3.8) is 0 Å². The summed E-state index contributed by atoms with van der Waals surface area (Å²) in [6, 6.07) is 16.5. The fraction of sp³-hybridized carbons (Fsp3) is 0.227. The van der Waals surface area contributed by atoms with Crippen molar-refractivity contribution in [2.45, 2.75) is 12.5 Å². The van der Waals surface area contributed by atoms with Crippen molar-refractivity contribution < 1.29 is 14.3 Å². The van der Waals surface area contributed by atoms with Gasteiger partial charge < -0.3 is 14.4 Å². The van der Waals surface area contributed by atoms with Crippen LogP contribution in [0.25, 0.3) is 0 Å². The topological polar surface area (TPSA) is 38.8 Å². The monoisotopic (exact) mass is 413 g/mol. The minimum atomic E-state index is -0.136. The number of amides is 1. The smallest absolute Gasteiger partial charge is 0.254 e. The van der Waals surface area contributed by atoms with Crippen LogP contribution < -0.4 is 9.47 Å². The second-order valence-electron chi connectivity index (χ2n) is 6.56. The Morgan fingerprint density at radius 2 is 1.96 bits per heavy atom. The summed E-state index contributed by atoms with van der Waals surface area (Å²) in [5.74, 6) is 1.50. The van der Waals surface area contributed by atoms with E-state index in [0.29, 0.717) is 23.7 Å². The van der Waals surface area contributed by atoms with E-state index in [1.54, 1.807) is 42.7 Å². The normalized spacial score (nSPS) is 15.8. The first kappa shape index (κ1) is 18.8. The molecule has 0 radical (unpaired) electrons. The molecule has 0 bridgehead atoms. The molecule has 3 aromatic rings. The molecule has 144 valence electrons. The summed E-state index contributed by atoms with van der Waals surface area (Å²) >= 11 is 7.83. The highest BCUT2D eigenvalue weighted by Crippen LogP contribution is 2.35. The molecule has 0 saturated heterocycles. The van der Waals surface area contributed by atoms with E-state index in [1.165, 1.54) is 10.4 Å². The molecule has 28 heavy (non-hydrogen) atoms. The molecule has 0 spiro atoms. The fourth-order valence-electron chi connectivity index (χ4n) is 3.45. The van der Waals surface area contributed by atoms with Gasteiger partial charge in [-0.3, -0.25) is 4.79 Å². The van der Waals surface area contributed by atoms with Crippen LogP contribution in [0.4, 0.5) is 0 Å². The van der Waals surface area contributed by atoms with E-state index in [0.717, 1.165) is 17.9 Å². The van der Waals surface area contributed by atoms with Gasteiger partial charge in [-0.25, -0.2) is 0 Å². The summed E-state index contributed by atoms with van der Waals surface area (Å²) < 4.78 is 11.2. The van der Waals surface area contributed by atoms with Crippen molar-refractivity contribution >= 4 is 28.8 Å². The Balaban J connectivity index is 1.57. The van der Waals surface area contributed by atoms with E-state index in [2.05, 4.69) is 11.4 Å². The number of methoxy groups -OCH3 is 1. The summed E-state index contributed by atoms with van der Waals surface area (Å²) in [4.78, 5) is 16.4. The maximum absolute atomic E-state index is 13.2. The van der Waals surface area contributed by atoms with Gasteiger partial charge in [0, 0.05) is 22.0 Å². The molecule has 4 rings (SSSR count). The number of thiophene rings is 1. The fourth-order valence-corrected chi connectivity index (χ4v) is 4.57. The predicted molar refractivity (Wildman–Crippen MR) is 112 cm³/mol. The van der Waals surface area contributed by atoms with Gasteiger partial charge in [-0.05, 0) is 65.9 Å². The third-order valence-electron chi connectivity index (χ3n) is 4.89. The van der Waals surface area contributed by atoms with Gasteiger partial charge in [-0.2, -0.15) is 0 Å². The number of ether oxygens (including phenoxy) is 2. The minimum Gasteiger partial charge on any atom is -0.497 e. The van der Waals surface area contributed by atoms with Gasteiger partial charge in [0.05, 0.1) is 13.2 Å². The summed E-state index contributed by atoms with van der Waals surface area (Å²) in [5, 5.41) is 2.64. The highest BCUT2D eigenvalue weighted by atomic mass is 35.5. The molecule has 1 aliphatic rings. The lowest BCUT2D eigenvalue weighted by Crippen LogP contribution is -2.42. The third-order valence-corrected chi connectivity index (χ3v) is 6.13. The molecule has 1 aliphatic heterocycles. The average Bonchev–Trinajstić information content (AvgIpc) is 3.21.